The van der Waals surface area contributed by atoms with Crippen molar-refractivity contribution in [2.75, 3.05) is 39.3 Å². The lowest BCUT2D eigenvalue weighted by atomic mass is 9.93. The zero-order chi connectivity index (χ0) is 19.1. The summed E-state index contributed by atoms with van der Waals surface area (Å²) in [5.41, 5.74) is 1.61. The summed E-state index contributed by atoms with van der Waals surface area (Å²) in [6.45, 7) is 6.37. The van der Waals surface area contributed by atoms with Crippen LogP contribution in [-0.4, -0.2) is 81.7 Å². The van der Waals surface area contributed by atoms with E-state index in [1.54, 1.807) is 0 Å². The summed E-state index contributed by atoms with van der Waals surface area (Å²) in [5.74, 6) is 0.0777. The highest BCUT2D eigenvalue weighted by Crippen LogP contribution is 2.26. The molecule has 1 aliphatic carbocycles. The van der Waals surface area contributed by atoms with Crippen LogP contribution in [0, 0.1) is 0 Å². The molecule has 2 saturated heterocycles. The first-order chi connectivity index (χ1) is 13.7. The molecule has 3 heterocycles. The first kappa shape index (κ1) is 18.1. The minimum Gasteiger partial charge on any atom is -0.334 e. The van der Waals surface area contributed by atoms with Crippen LogP contribution >= 0.6 is 0 Å². The first-order valence-corrected chi connectivity index (χ1v) is 10.9. The largest absolute Gasteiger partial charge is 0.334 e. The van der Waals surface area contributed by atoms with Crippen LogP contribution < -0.4 is 0 Å². The molecule has 1 amide bonds. The van der Waals surface area contributed by atoms with Crippen molar-refractivity contribution in [1.29, 1.82) is 0 Å². The molecule has 5 rings (SSSR count). The van der Waals surface area contributed by atoms with Gasteiger partial charge in [-0.3, -0.25) is 19.3 Å². The number of nitrogens with zero attached hydrogens (tertiary/aromatic N) is 5. The molecule has 2 aromatic rings. The van der Waals surface area contributed by atoms with Crippen LogP contribution in [0.25, 0.3) is 10.9 Å². The maximum Gasteiger partial charge on any atom is 0.275 e. The number of carbonyl (C=O) groups excluding carboxylic acids is 1. The molecule has 3 aliphatic rings. The van der Waals surface area contributed by atoms with Gasteiger partial charge in [-0.05, 0) is 18.9 Å². The second-order valence-electron chi connectivity index (χ2n) is 8.72. The molecule has 2 aliphatic heterocycles. The monoisotopic (exact) mass is 381 g/mol. The number of carbonyl (C=O) groups is 1. The van der Waals surface area contributed by atoms with Crippen molar-refractivity contribution in [2.24, 2.45) is 7.05 Å². The number of aromatic nitrogens is 2. The van der Waals surface area contributed by atoms with E-state index in [1.807, 2.05) is 40.9 Å². The molecule has 0 bridgehead atoms. The fourth-order valence-electron chi connectivity index (χ4n) is 5.29. The van der Waals surface area contributed by atoms with Gasteiger partial charge < -0.3 is 4.90 Å². The lowest BCUT2D eigenvalue weighted by molar-refractivity contribution is -0.00282. The van der Waals surface area contributed by atoms with Gasteiger partial charge in [0.1, 0.15) is 0 Å². The van der Waals surface area contributed by atoms with Gasteiger partial charge in [0.2, 0.25) is 0 Å². The summed E-state index contributed by atoms with van der Waals surface area (Å²) in [4.78, 5) is 20.2. The number of amides is 1. The van der Waals surface area contributed by atoms with Crippen molar-refractivity contribution in [2.45, 2.75) is 44.2 Å². The number of aryl methyl sites for hydroxylation is 1. The second-order valence-corrected chi connectivity index (χ2v) is 8.72. The van der Waals surface area contributed by atoms with Crippen molar-refractivity contribution in [1.82, 2.24) is 24.5 Å². The van der Waals surface area contributed by atoms with Crippen molar-refractivity contribution in [3.8, 4) is 0 Å². The topological polar surface area (TPSA) is 44.6 Å². The van der Waals surface area contributed by atoms with Gasteiger partial charge in [-0.25, -0.2) is 0 Å². The average Bonchev–Trinajstić information content (AvgIpc) is 3.05. The molecule has 0 spiro atoms. The van der Waals surface area contributed by atoms with E-state index in [0.29, 0.717) is 11.7 Å². The van der Waals surface area contributed by atoms with Crippen LogP contribution in [0.4, 0.5) is 0 Å². The van der Waals surface area contributed by atoms with Crippen LogP contribution in [0.2, 0.25) is 0 Å². The Morgan fingerprint density at radius 3 is 2.29 bits per heavy atom. The molecular weight excluding hydrogens is 350 g/mol. The molecule has 3 fully saturated rings. The zero-order valence-corrected chi connectivity index (χ0v) is 16.9. The number of fused-ring (bicyclic) bond motifs is 1. The number of likely N-dealkylation sites (tertiary alicyclic amines) is 1. The van der Waals surface area contributed by atoms with Gasteiger partial charge in [0, 0.05) is 63.8 Å². The maximum atomic E-state index is 13.0. The number of para-hydroxylation sites is 1. The van der Waals surface area contributed by atoms with Gasteiger partial charge in [0.15, 0.2) is 5.69 Å². The lowest BCUT2D eigenvalue weighted by Gasteiger charge is -2.49. The van der Waals surface area contributed by atoms with Gasteiger partial charge in [0.25, 0.3) is 5.91 Å². The Kier molecular flexibility index (Phi) is 4.85. The maximum absolute atomic E-state index is 13.0. The van der Waals surface area contributed by atoms with Crippen LogP contribution in [0.1, 0.15) is 42.6 Å². The molecule has 1 aromatic carbocycles. The Morgan fingerprint density at radius 2 is 1.57 bits per heavy atom. The Bertz CT molecular complexity index is 842. The summed E-state index contributed by atoms with van der Waals surface area (Å²) < 4.78 is 1.81. The molecule has 6 heteroatoms. The lowest BCUT2D eigenvalue weighted by Crippen LogP contribution is -2.64. The van der Waals surface area contributed by atoms with Gasteiger partial charge in [-0.1, -0.05) is 37.5 Å². The second kappa shape index (κ2) is 7.48. The Morgan fingerprint density at radius 1 is 0.929 bits per heavy atom. The van der Waals surface area contributed by atoms with Crippen molar-refractivity contribution in [3.63, 3.8) is 0 Å². The van der Waals surface area contributed by atoms with E-state index in [1.165, 1.54) is 45.2 Å². The Hall–Kier alpha value is -1.92. The fraction of sp³-hybridized carbons (Fsp3) is 0.636. The zero-order valence-electron chi connectivity index (χ0n) is 16.9. The van der Waals surface area contributed by atoms with E-state index in [9.17, 15) is 4.79 Å². The highest BCUT2D eigenvalue weighted by Gasteiger charge is 2.38. The van der Waals surface area contributed by atoms with E-state index < -0.39 is 0 Å². The first-order valence-electron chi connectivity index (χ1n) is 10.9. The molecule has 0 N–H and O–H groups in total. The van der Waals surface area contributed by atoms with Gasteiger partial charge in [-0.15, -0.1) is 0 Å². The third kappa shape index (κ3) is 3.22. The predicted octanol–water partition coefficient (Wildman–Crippen LogP) is 2.35. The van der Waals surface area contributed by atoms with Crippen LogP contribution in [0.3, 0.4) is 0 Å². The third-order valence-corrected chi connectivity index (χ3v) is 7.07. The molecule has 1 saturated carbocycles. The number of hydrogen-bond donors (Lipinski definition) is 0. The summed E-state index contributed by atoms with van der Waals surface area (Å²) in [7, 11) is 1.91. The van der Waals surface area contributed by atoms with Gasteiger partial charge in [0.05, 0.1) is 5.52 Å². The molecule has 150 valence electrons. The number of benzene rings is 1. The number of piperazine rings is 1. The van der Waals surface area contributed by atoms with Crippen molar-refractivity contribution < 1.29 is 4.79 Å². The predicted molar refractivity (Wildman–Crippen MR) is 110 cm³/mol. The normalized spacial score (nSPS) is 23.2. The summed E-state index contributed by atoms with van der Waals surface area (Å²) in [5, 5.41) is 5.45. The highest BCUT2D eigenvalue weighted by atomic mass is 16.2. The highest BCUT2D eigenvalue weighted by molar-refractivity contribution is 6.05. The van der Waals surface area contributed by atoms with E-state index in [4.69, 9.17) is 0 Å². The van der Waals surface area contributed by atoms with E-state index in [0.717, 1.165) is 43.1 Å². The molecule has 28 heavy (non-hydrogen) atoms. The number of hydrogen-bond acceptors (Lipinski definition) is 4. The van der Waals surface area contributed by atoms with E-state index in [-0.39, 0.29) is 5.91 Å². The molecule has 0 radical (unpaired) electrons. The Labute approximate surface area is 167 Å². The third-order valence-electron chi connectivity index (χ3n) is 7.07. The van der Waals surface area contributed by atoms with Crippen molar-refractivity contribution in [3.05, 3.63) is 30.0 Å². The van der Waals surface area contributed by atoms with Gasteiger partial charge >= 0.3 is 0 Å². The fourth-order valence-corrected chi connectivity index (χ4v) is 5.29. The van der Waals surface area contributed by atoms with E-state index >= 15 is 0 Å². The van der Waals surface area contributed by atoms with Gasteiger partial charge in [-0.2, -0.15) is 5.10 Å². The average molecular weight is 382 g/mol. The standard InChI is InChI=1S/C22H31N5O/c1-24-20-10-6-5-9-19(20)21(23-24)22(28)27-15-18(16-27)26-13-11-25(12-14-26)17-7-3-2-4-8-17/h5-6,9-10,17-18H,2-4,7-8,11-16H2,1H3. The van der Waals surface area contributed by atoms with Crippen LogP contribution in [0.15, 0.2) is 24.3 Å². The van der Waals surface area contributed by atoms with Crippen LogP contribution in [-0.2, 0) is 7.05 Å². The minimum absolute atomic E-state index is 0.0777. The molecule has 6 nitrogen and oxygen atoms in total. The minimum atomic E-state index is 0.0777. The summed E-state index contributed by atoms with van der Waals surface area (Å²) in [6, 6.07) is 9.33. The summed E-state index contributed by atoms with van der Waals surface area (Å²) in [6.07, 6.45) is 7.03. The van der Waals surface area contributed by atoms with E-state index in [2.05, 4.69) is 14.9 Å². The Balaban J connectivity index is 1.16. The summed E-state index contributed by atoms with van der Waals surface area (Å²) >= 11 is 0. The molecular formula is C22H31N5O. The van der Waals surface area contributed by atoms with Crippen LogP contribution in [0.5, 0.6) is 0 Å². The quantitative estimate of drug-likeness (QED) is 0.819. The molecule has 0 atom stereocenters. The molecule has 0 unspecified atom stereocenters. The van der Waals surface area contributed by atoms with Crippen molar-refractivity contribution >= 4 is 16.8 Å². The smallest absolute Gasteiger partial charge is 0.275 e. The number of rotatable bonds is 3. The molecule has 1 aromatic heterocycles. The SMILES string of the molecule is Cn1nc(C(=O)N2CC(N3CCN(C4CCCCC4)CC3)C2)c2ccccc21.